The van der Waals surface area contributed by atoms with Crippen LogP contribution in [0.2, 0.25) is 0 Å². The molecule has 1 aliphatic heterocycles. The smallest absolute Gasteiger partial charge is 0.265 e. The van der Waals surface area contributed by atoms with Crippen molar-refractivity contribution in [1.29, 1.82) is 0 Å². The van der Waals surface area contributed by atoms with Crippen molar-refractivity contribution in [3.63, 3.8) is 0 Å². The first-order valence-corrected chi connectivity index (χ1v) is 5.92. The topological polar surface area (TPSA) is 100 Å². The van der Waals surface area contributed by atoms with Crippen LogP contribution in [0.5, 0.6) is 0 Å². The number of morpholine rings is 1. The zero-order valence-electron chi connectivity index (χ0n) is 10.4. The fourth-order valence-corrected chi connectivity index (χ4v) is 1.73. The molecule has 1 aromatic carbocycles. The van der Waals surface area contributed by atoms with Crippen molar-refractivity contribution in [3.05, 3.63) is 35.4 Å². The van der Waals surface area contributed by atoms with Crippen molar-refractivity contribution >= 4 is 11.7 Å². The molecule has 1 amide bonds. The van der Waals surface area contributed by atoms with E-state index in [0.717, 1.165) is 0 Å². The first kappa shape index (κ1) is 13.3. The molecule has 0 saturated carbocycles. The molecule has 1 fully saturated rings. The van der Waals surface area contributed by atoms with E-state index in [0.29, 0.717) is 37.4 Å². The van der Waals surface area contributed by atoms with E-state index in [1.54, 1.807) is 24.3 Å². The van der Waals surface area contributed by atoms with Crippen molar-refractivity contribution in [3.8, 4) is 0 Å². The zero-order chi connectivity index (χ0) is 13.7. The van der Waals surface area contributed by atoms with Gasteiger partial charge in [-0.25, -0.2) is 5.01 Å². The molecule has 0 aliphatic carbocycles. The van der Waals surface area contributed by atoms with Gasteiger partial charge in [0.2, 0.25) is 0 Å². The highest BCUT2D eigenvalue weighted by Crippen LogP contribution is 2.05. The standard InChI is InChI=1S/C12H16N4O3/c13-11(15-18)9-1-3-10(4-2-9)12(17)14-16-5-7-19-8-6-16/h1-4,18H,5-8H2,(H2,13,15)(H,14,17). The molecule has 0 spiro atoms. The lowest BCUT2D eigenvalue weighted by Crippen LogP contribution is -2.48. The second-order valence-electron chi connectivity index (χ2n) is 4.10. The van der Waals surface area contributed by atoms with Crippen LogP contribution in [0.15, 0.2) is 29.4 Å². The second-order valence-corrected chi connectivity index (χ2v) is 4.10. The van der Waals surface area contributed by atoms with Crippen LogP contribution in [-0.2, 0) is 4.74 Å². The predicted octanol–water partition coefficient (Wildman–Crippen LogP) is -0.242. The largest absolute Gasteiger partial charge is 0.409 e. The fourth-order valence-electron chi connectivity index (χ4n) is 1.73. The van der Waals surface area contributed by atoms with E-state index < -0.39 is 0 Å². The number of amidine groups is 1. The summed E-state index contributed by atoms with van der Waals surface area (Å²) >= 11 is 0. The molecule has 19 heavy (non-hydrogen) atoms. The van der Waals surface area contributed by atoms with E-state index in [2.05, 4.69) is 10.6 Å². The van der Waals surface area contributed by atoms with Crippen LogP contribution < -0.4 is 11.2 Å². The summed E-state index contributed by atoms with van der Waals surface area (Å²) in [5.74, 6) is -0.173. The molecule has 1 heterocycles. The maximum atomic E-state index is 12.0. The zero-order valence-corrected chi connectivity index (χ0v) is 10.4. The van der Waals surface area contributed by atoms with Crippen LogP contribution in [0.4, 0.5) is 0 Å². The summed E-state index contributed by atoms with van der Waals surface area (Å²) in [5.41, 5.74) is 9.32. The molecular formula is C12H16N4O3. The van der Waals surface area contributed by atoms with Crippen LogP contribution in [-0.4, -0.2) is 48.3 Å². The number of carbonyl (C=O) groups is 1. The number of benzene rings is 1. The Hall–Kier alpha value is -2.12. The Kier molecular flexibility index (Phi) is 4.32. The van der Waals surface area contributed by atoms with E-state index >= 15 is 0 Å². The van der Waals surface area contributed by atoms with E-state index in [1.165, 1.54) is 0 Å². The van der Waals surface area contributed by atoms with Crippen molar-refractivity contribution in [2.45, 2.75) is 0 Å². The molecule has 1 aromatic rings. The number of oxime groups is 1. The summed E-state index contributed by atoms with van der Waals surface area (Å²) < 4.78 is 5.20. The van der Waals surface area contributed by atoms with Gasteiger partial charge in [0.05, 0.1) is 13.2 Å². The van der Waals surface area contributed by atoms with Crippen molar-refractivity contribution in [2.75, 3.05) is 26.3 Å². The molecule has 1 aliphatic rings. The minimum atomic E-state index is -0.187. The number of carbonyl (C=O) groups excluding carboxylic acids is 1. The van der Waals surface area contributed by atoms with E-state index in [-0.39, 0.29) is 11.7 Å². The average Bonchev–Trinajstić information content (AvgIpc) is 2.47. The summed E-state index contributed by atoms with van der Waals surface area (Å²) in [6.45, 7) is 2.58. The van der Waals surface area contributed by atoms with Crippen LogP contribution in [0.1, 0.15) is 15.9 Å². The normalized spacial score (nSPS) is 17.2. The molecule has 2 rings (SSSR count). The molecule has 0 radical (unpaired) electrons. The van der Waals surface area contributed by atoms with Crippen molar-refractivity contribution < 1.29 is 14.7 Å². The van der Waals surface area contributed by atoms with E-state index in [9.17, 15) is 4.79 Å². The molecule has 0 aromatic heterocycles. The molecule has 7 nitrogen and oxygen atoms in total. The molecule has 102 valence electrons. The summed E-state index contributed by atoms with van der Waals surface area (Å²) in [4.78, 5) is 12.0. The minimum Gasteiger partial charge on any atom is -0.409 e. The second kappa shape index (κ2) is 6.17. The van der Waals surface area contributed by atoms with Gasteiger partial charge in [-0.3, -0.25) is 10.2 Å². The first-order chi connectivity index (χ1) is 9.20. The average molecular weight is 264 g/mol. The third-order valence-electron chi connectivity index (χ3n) is 2.82. The quantitative estimate of drug-likeness (QED) is 0.303. The van der Waals surface area contributed by atoms with Gasteiger partial charge in [-0.15, -0.1) is 0 Å². The van der Waals surface area contributed by atoms with Gasteiger partial charge in [0.1, 0.15) is 0 Å². The van der Waals surface area contributed by atoms with Crippen molar-refractivity contribution in [2.24, 2.45) is 10.9 Å². The number of hydrogen-bond donors (Lipinski definition) is 3. The Balaban J connectivity index is 1.99. The molecule has 0 bridgehead atoms. The van der Waals surface area contributed by atoms with Gasteiger partial charge in [0.25, 0.3) is 5.91 Å². The van der Waals surface area contributed by atoms with Crippen LogP contribution in [0.3, 0.4) is 0 Å². The molecule has 1 saturated heterocycles. The number of hydrogen-bond acceptors (Lipinski definition) is 5. The van der Waals surface area contributed by atoms with Gasteiger partial charge < -0.3 is 15.7 Å². The number of rotatable bonds is 3. The molecule has 0 atom stereocenters. The first-order valence-electron chi connectivity index (χ1n) is 5.92. The predicted molar refractivity (Wildman–Crippen MR) is 68.8 cm³/mol. The fraction of sp³-hybridized carbons (Fsp3) is 0.333. The Morgan fingerprint density at radius 3 is 2.42 bits per heavy atom. The Morgan fingerprint density at radius 2 is 1.84 bits per heavy atom. The van der Waals surface area contributed by atoms with Gasteiger partial charge in [-0.05, 0) is 12.1 Å². The highest BCUT2D eigenvalue weighted by molar-refractivity contribution is 5.99. The Bertz CT molecular complexity index is 466. The maximum Gasteiger partial charge on any atom is 0.265 e. The lowest BCUT2D eigenvalue weighted by atomic mass is 10.1. The van der Waals surface area contributed by atoms with Gasteiger partial charge in [0.15, 0.2) is 5.84 Å². The summed E-state index contributed by atoms with van der Waals surface area (Å²) in [5, 5.41) is 13.3. The number of nitrogens with one attached hydrogen (secondary N) is 1. The van der Waals surface area contributed by atoms with Crippen LogP contribution >= 0.6 is 0 Å². The highest BCUT2D eigenvalue weighted by atomic mass is 16.5. The monoisotopic (exact) mass is 264 g/mol. The number of amides is 1. The summed E-state index contributed by atoms with van der Waals surface area (Å²) in [7, 11) is 0. The lowest BCUT2D eigenvalue weighted by Gasteiger charge is -2.26. The van der Waals surface area contributed by atoms with E-state index in [4.69, 9.17) is 15.7 Å². The molecule has 7 heteroatoms. The lowest BCUT2D eigenvalue weighted by molar-refractivity contribution is 0.0126. The summed E-state index contributed by atoms with van der Waals surface area (Å²) in [6, 6.07) is 6.51. The third-order valence-corrected chi connectivity index (χ3v) is 2.82. The SMILES string of the molecule is N/C(=N/O)c1ccc(C(=O)NN2CCOCC2)cc1. The maximum absolute atomic E-state index is 12.0. The van der Waals surface area contributed by atoms with Gasteiger partial charge in [-0.2, -0.15) is 0 Å². The number of nitrogens with two attached hydrogens (primary N) is 1. The number of nitrogens with zero attached hydrogens (tertiary/aromatic N) is 2. The Morgan fingerprint density at radius 1 is 1.26 bits per heavy atom. The van der Waals surface area contributed by atoms with Crippen LogP contribution in [0, 0.1) is 0 Å². The van der Waals surface area contributed by atoms with Crippen molar-refractivity contribution in [1.82, 2.24) is 10.4 Å². The molecular weight excluding hydrogens is 248 g/mol. The van der Waals surface area contributed by atoms with Gasteiger partial charge in [-0.1, -0.05) is 17.3 Å². The molecule has 0 unspecified atom stereocenters. The minimum absolute atomic E-state index is 0.0140. The number of ether oxygens (including phenoxy) is 1. The number of hydrazine groups is 1. The third kappa shape index (κ3) is 3.43. The van der Waals surface area contributed by atoms with Gasteiger partial charge in [0, 0.05) is 24.2 Å². The summed E-state index contributed by atoms with van der Waals surface area (Å²) in [6.07, 6.45) is 0. The highest BCUT2D eigenvalue weighted by Gasteiger charge is 2.14. The van der Waals surface area contributed by atoms with Crippen LogP contribution in [0.25, 0.3) is 0 Å². The van der Waals surface area contributed by atoms with E-state index in [1.807, 2.05) is 5.01 Å². The van der Waals surface area contributed by atoms with Gasteiger partial charge >= 0.3 is 0 Å². The molecule has 4 N–H and O–H groups in total. The Labute approximate surface area is 110 Å².